The van der Waals surface area contributed by atoms with Crippen LogP contribution in [0.15, 0.2) is 53.4 Å². The van der Waals surface area contributed by atoms with Gasteiger partial charge in [-0.2, -0.15) is 0 Å². The fourth-order valence-electron chi connectivity index (χ4n) is 1.70. The van der Waals surface area contributed by atoms with Crippen LogP contribution in [0.3, 0.4) is 0 Å². The molecule has 0 heterocycles. The number of hydrogen-bond acceptors (Lipinski definition) is 4. The summed E-state index contributed by atoms with van der Waals surface area (Å²) in [6.07, 6.45) is 0. The minimum atomic E-state index is -3.83. The van der Waals surface area contributed by atoms with Crippen LogP contribution in [0.1, 0.15) is 15.9 Å². The summed E-state index contributed by atoms with van der Waals surface area (Å²) in [5, 5.41) is 0. The summed E-state index contributed by atoms with van der Waals surface area (Å²) < 4.78 is 29.1. The predicted molar refractivity (Wildman–Crippen MR) is 82.0 cm³/mol. The monoisotopic (exact) mass is 320 g/mol. The summed E-state index contributed by atoms with van der Waals surface area (Å²) >= 11 is 0. The minimum Gasteiger partial charge on any atom is -0.497 e. The number of nitrogens with one attached hydrogen (secondary N) is 2. The molecule has 6 nitrogen and oxygen atoms in total. The van der Waals surface area contributed by atoms with Crippen molar-refractivity contribution < 1.29 is 17.9 Å². The van der Waals surface area contributed by atoms with E-state index < -0.39 is 15.9 Å². The second kappa shape index (κ2) is 6.59. The van der Waals surface area contributed by atoms with Gasteiger partial charge in [0, 0.05) is 5.56 Å². The number of ether oxygens (including phenoxy) is 1. The molecule has 0 aliphatic heterocycles. The van der Waals surface area contributed by atoms with E-state index in [2.05, 4.69) is 10.3 Å². The van der Waals surface area contributed by atoms with Gasteiger partial charge >= 0.3 is 0 Å². The van der Waals surface area contributed by atoms with Gasteiger partial charge in [0.15, 0.2) is 0 Å². The van der Waals surface area contributed by atoms with E-state index in [1.165, 1.54) is 31.4 Å². The average Bonchev–Trinajstić information content (AvgIpc) is 2.53. The van der Waals surface area contributed by atoms with Crippen molar-refractivity contribution in [2.24, 2.45) is 0 Å². The van der Waals surface area contributed by atoms with Crippen LogP contribution in [0.5, 0.6) is 5.75 Å². The molecule has 0 unspecified atom stereocenters. The molecule has 2 N–H and O–H groups in total. The molecule has 0 aliphatic rings. The van der Waals surface area contributed by atoms with Crippen LogP contribution in [-0.2, 0) is 10.0 Å². The molecule has 0 bridgehead atoms. The quantitative estimate of drug-likeness (QED) is 0.820. The van der Waals surface area contributed by atoms with Gasteiger partial charge in [-0.25, -0.2) is 8.42 Å². The fourth-order valence-corrected chi connectivity index (χ4v) is 2.54. The number of benzene rings is 2. The lowest BCUT2D eigenvalue weighted by Gasteiger charge is -2.09. The lowest BCUT2D eigenvalue weighted by atomic mass is 10.1. The predicted octanol–water partition coefficient (Wildman–Crippen LogP) is 1.63. The highest BCUT2D eigenvalue weighted by atomic mass is 32.2. The maximum atomic E-state index is 12.1. The Kier molecular flexibility index (Phi) is 4.79. The number of aryl methyl sites for hydroxylation is 1. The maximum Gasteiger partial charge on any atom is 0.266 e. The van der Waals surface area contributed by atoms with E-state index in [1.807, 2.05) is 6.92 Å². The molecule has 0 aliphatic carbocycles. The zero-order chi connectivity index (χ0) is 16.2. The molecule has 0 aromatic heterocycles. The number of sulfonamides is 1. The highest BCUT2D eigenvalue weighted by molar-refractivity contribution is 7.89. The Balaban J connectivity index is 2.05. The molecule has 0 saturated carbocycles. The van der Waals surface area contributed by atoms with Crippen molar-refractivity contribution >= 4 is 15.9 Å². The minimum absolute atomic E-state index is 0.0255. The third-order valence-electron chi connectivity index (χ3n) is 2.98. The van der Waals surface area contributed by atoms with Gasteiger partial charge in [-0.15, -0.1) is 4.83 Å². The largest absolute Gasteiger partial charge is 0.497 e. The molecule has 2 aromatic rings. The lowest BCUT2D eigenvalue weighted by Crippen LogP contribution is -2.41. The van der Waals surface area contributed by atoms with Crippen LogP contribution in [0, 0.1) is 6.92 Å². The Morgan fingerprint density at radius 2 is 1.59 bits per heavy atom. The normalized spacial score (nSPS) is 11.0. The Labute approximate surface area is 129 Å². The molecule has 22 heavy (non-hydrogen) atoms. The van der Waals surface area contributed by atoms with Crippen LogP contribution >= 0.6 is 0 Å². The van der Waals surface area contributed by atoms with Crippen LogP contribution < -0.4 is 15.0 Å². The van der Waals surface area contributed by atoms with Crippen molar-refractivity contribution in [1.82, 2.24) is 10.3 Å². The van der Waals surface area contributed by atoms with Crippen molar-refractivity contribution in [3.8, 4) is 5.75 Å². The third-order valence-corrected chi connectivity index (χ3v) is 4.25. The molecule has 0 radical (unpaired) electrons. The summed E-state index contributed by atoms with van der Waals surface area (Å²) in [4.78, 5) is 14.0. The summed E-state index contributed by atoms with van der Waals surface area (Å²) in [7, 11) is -2.34. The lowest BCUT2D eigenvalue weighted by molar-refractivity contribution is 0.0945. The Bertz CT molecular complexity index is 753. The SMILES string of the molecule is COc1ccc(S(=O)(=O)NNC(=O)c2ccc(C)cc2)cc1. The molecule has 1 amide bonds. The van der Waals surface area contributed by atoms with Crippen LogP contribution in [-0.4, -0.2) is 21.4 Å². The first kappa shape index (κ1) is 16.0. The van der Waals surface area contributed by atoms with E-state index in [0.717, 1.165) is 5.56 Å². The third kappa shape index (κ3) is 3.84. The highest BCUT2D eigenvalue weighted by Crippen LogP contribution is 2.14. The molecule has 7 heteroatoms. The molecule has 0 spiro atoms. The van der Waals surface area contributed by atoms with Gasteiger partial charge in [-0.05, 0) is 43.3 Å². The average molecular weight is 320 g/mol. The summed E-state index contributed by atoms with van der Waals surface area (Å²) in [6, 6.07) is 12.6. The zero-order valence-corrected chi connectivity index (χ0v) is 13.0. The van der Waals surface area contributed by atoms with Crippen molar-refractivity contribution in [2.45, 2.75) is 11.8 Å². The number of rotatable bonds is 5. The molecular formula is C15H16N2O4S. The van der Waals surface area contributed by atoms with Gasteiger partial charge in [-0.1, -0.05) is 17.7 Å². The van der Waals surface area contributed by atoms with Crippen molar-refractivity contribution in [2.75, 3.05) is 7.11 Å². The van der Waals surface area contributed by atoms with E-state index >= 15 is 0 Å². The topological polar surface area (TPSA) is 84.5 Å². The number of amides is 1. The van der Waals surface area contributed by atoms with E-state index in [-0.39, 0.29) is 4.90 Å². The molecule has 0 atom stereocenters. The summed E-state index contributed by atoms with van der Waals surface area (Å²) in [6.45, 7) is 1.90. The zero-order valence-electron chi connectivity index (χ0n) is 12.2. The first-order chi connectivity index (χ1) is 10.4. The number of hydrazine groups is 1. The molecule has 2 rings (SSSR count). The molecule has 2 aromatic carbocycles. The maximum absolute atomic E-state index is 12.1. The van der Waals surface area contributed by atoms with Gasteiger partial charge in [-0.3, -0.25) is 10.2 Å². The Morgan fingerprint density at radius 3 is 2.14 bits per heavy atom. The second-order valence-electron chi connectivity index (χ2n) is 4.60. The number of carbonyl (C=O) groups is 1. The van der Waals surface area contributed by atoms with E-state index in [4.69, 9.17) is 4.74 Å². The van der Waals surface area contributed by atoms with E-state index in [0.29, 0.717) is 11.3 Å². The Morgan fingerprint density at radius 1 is 1.00 bits per heavy atom. The van der Waals surface area contributed by atoms with Crippen LogP contribution in [0.25, 0.3) is 0 Å². The van der Waals surface area contributed by atoms with Crippen LogP contribution in [0.4, 0.5) is 0 Å². The van der Waals surface area contributed by atoms with E-state index in [9.17, 15) is 13.2 Å². The first-order valence-corrected chi connectivity index (χ1v) is 7.93. The van der Waals surface area contributed by atoms with Gasteiger partial charge in [0.2, 0.25) is 0 Å². The number of hydrogen-bond donors (Lipinski definition) is 2. The fraction of sp³-hybridized carbons (Fsp3) is 0.133. The summed E-state index contributed by atoms with van der Waals surface area (Å²) in [5.41, 5.74) is 3.55. The van der Waals surface area contributed by atoms with Crippen molar-refractivity contribution in [3.63, 3.8) is 0 Å². The van der Waals surface area contributed by atoms with Gasteiger partial charge < -0.3 is 4.74 Å². The second-order valence-corrected chi connectivity index (χ2v) is 6.28. The first-order valence-electron chi connectivity index (χ1n) is 6.45. The smallest absolute Gasteiger partial charge is 0.266 e. The molecular weight excluding hydrogens is 304 g/mol. The van der Waals surface area contributed by atoms with Crippen molar-refractivity contribution in [3.05, 3.63) is 59.7 Å². The number of methoxy groups -OCH3 is 1. The van der Waals surface area contributed by atoms with Gasteiger partial charge in [0.05, 0.1) is 12.0 Å². The molecule has 0 saturated heterocycles. The Hall–Kier alpha value is -2.38. The van der Waals surface area contributed by atoms with E-state index in [1.54, 1.807) is 24.3 Å². The highest BCUT2D eigenvalue weighted by Gasteiger charge is 2.15. The standard InChI is InChI=1S/C15H16N2O4S/c1-11-3-5-12(6-4-11)15(18)16-17-22(19,20)14-9-7-13(21-2)8-10-14/h3-10,17H,1-2H3,(H,16,18). The van der Waals surface area contributed by atoms with Gasteiger partial charge in [0.25, 0.3) is 15.9 Å². The number of carbonyl (C=O) groups excluding carboxylic acids is 1. The summed E-state index contributed by atoms with van der Waals surface area (Å²) in [5.74, 6) is 0.0136. The van der Waals surface area contributed by atoms with Gasteiger partial charge in [0.1, 0.15) is 5.75 Å². The molecule has 0 fully saturated rings. The molecule has 116 valence electrons. The van der Waals surface area contributed by atoms with Crippen molar-refractivity contribution in [1.29, 1.82) is 0 Å². The van der Waals surface area contributed by atoms with Crippen LogP contribution in [0.2, 0.25) is 0 Å².